The summed E-state index contributed by atoms with van der Waals surface area (Å²) in [5.74, 6) is 0. The molecule has 0 saturated carbocycles. The maximum Gasteiger partial charge on any atom is 0.245 e. The molecule has 0 spiro atoms. The monoisotopic (exact) mass is 490 g/mol. The molecule has 8 nitrogen and oxygen atoms in total. The second kappa shape index (κ2) is 8.55. The van der Waals surface area contributed by atoms with E-state index in [2.05, 4.69) is 30.2 Å². The minimum Gasteiger partial charge on any atom is -0.302 e. The Morgan fingerprint density at radius 1 is 0.853 bits per heavy atom. The summed E-state index contributed by atoms with van der Waals surface area (Å²) in [6.45, 7) is 2.81. The number of piperazine rings is 1. The first-order chi connectivity index (χ1) is 16.6. The van der Waals surface area contributed by atoms with Gasteiger partial charge in [0.15, 0.2) is 0 Å². The summed E-state index contributed by atoms with van der Waals surface area (Å²) < 4.78 is 38.8. The zero-order chi connectivity index (χ0) is 23.1. The normalized spacial score (nSPS) is 15.9. The van der Waals surface area contributed by atoms with Gasteiger partial charge in [0.1, 0.15) is 21.6 Å². The average Bonchev–Trinajstić information content (AvgIpc) is 3.50. The van der Waals surface area contributed by atoms with Crippen LogP contribution in [0.25, 0.3) is 27.9 Å². The third-order valence-electron chi connectivity index (χ3n) is 6.25. The molecule has 1 saturated heterocycles. The smallest absolute Gasteiger partial charge is 0.245 e. The zero-order valence-electron chi connectivity index (χ0n) is 18.3. The van der Waals surface area contributed by atoms with Gasteiger partial charge in [-0.15, -0.1) is 0 Å². The number of rotatable bonds is 5. The Labute approximate surface area is 201 Å². The number of pyridine rings is 1. The third-order valence-corrected chi connectivity index (χ3v) is 8.72. The van der Waals surface area contributed by atoms with Crippen molar-refractivity contribution in [3.05, 3.63) is 78.6 Å². The van der Waals surface area contributed by atoms with Crippen molar-refractivity contribution in [2.75, 3.05) is 26.2 Å². The van der Waals surface area contributed by atoms with E-state index in [0.29, 0.717) is 43.8 Å². The molecule has 1 fully saturated rings. The first kappa shape index (κ1) is 21.4. The maximum absolute atomic E-state index is 13.4. The van der Waals surface area contributed by atoms with E-state index in [9.17, 15) is 8.42 Å². The van der Waals surface area contributed by atoms with Gasteiger partial charge in [-0.05, 0) is 24.3 Å². The van der Waals surface area contributed by atoms with Crippen LogP contribution in [0.15, 0.2) is 77.8 Å². The van der Waals surface area contributed by atoms with Crippen LogP contribution in [-0.4, -0.2) is 61.9 Å². The SMILES string of the molecule is O=S(=O)(c1cccc2nsnc12)N1CCN(Cc2c(-c3ccccc3)nc3ccccn23)CC1. The number of hydrogen-bond acceptors (Lipinski definition) is 7. The molecule has 34 heavy (non-hydrogen) atoms. The molecule has 3 aromatic heterocycles. The molecule has 2 aromatic carbocycles. The van der Waals surface area contributed by atoms with Crippen molar-refractivity contribution in [2.45, 2.75) is 11.4 Å². The molecule has 4 heterocycles. The van der Waals surface area contributed by atoms with Crippen molar-refractivity contribution in [1.29, 1.82) is 0 Å². The molecule has 0 atom stereocenters. The van der Waals surface area contributed by atoms with E-state index in [0.717, 1.165) is 34.3 Å². The van der Waals surface area contributed by atoms with Crippen LogP contribution in [0.3, 0.4) is 0 Å². The van der Waals surface area contributed by atoms with E-state index in [1.165, 1.54) is 0 Å². The average molecular weight is 491 g/mol. The Hall–Kier alpha value is -3.18. The molecule has 172 valence electrons. The van der Waals surface area contributed by atoms with Crippen molar-refractivity contribution in [3.8, 4) is 11.3 Å². The second-order valence-electron chi connectivity index (χ2n) is 8.27. The number of sulfonamides is 1. The van der Waals surface area contributed by atoms with E-state index in [1.807, 2.05) is 42.6 Å². The number of imidazole rings is 1. The van der Waals surface area contributed by atoms with Crippen LogP contribution < -0.4 is 0 Å². The van der Waals surface area contributed by atoms with Crippen LogP contribution in [0.1, 0.15) is 5.69 Å². The van der Waals surface area contributed by atoms with E-state index in [4.69, 9.17) is 4.98 Å². The summed E-state index contributed by atoms with van der Waals surface area (Å²) in [6, 6.07) is 21.3. The Bertz CT molecular complexity index is 1570. The van der Waals surface area contributed by atoms with E-state index >= 15 is 0 Å². The molecule has 0 aliphatic carbocycles. The fraction of sp³-hybridized carbons (Fsp3) is 0.208. The molecule has 0 radical (unpaired) electrons. The Morgan fingerprint density at radius 2 is 1.65 bits per heavy atom. The summed E-state index contributed by atoms with van der Waals surface area (Å²) >= 11 is 1.03. The molecule has 10 heteroatoms. The van der Waals surface area contributed by atoms with E-state index in [1.54, 1.807) is 22.5 Å². The molecule has 6 rings (SSSR count). The standard InChI is InChI=1S/C24H22N6O2S2/c31-34(32,21-10-6-9-19-24(21)27-33-26-19)29-15-13-28(14-16-29)17-20-23(18-7-2-1-3-8-18)25-22-11-4-5-12-30(20)22/h1-12H,13-17H2. The van der Waals surface area contributed by atoms with Crippen LogP contribution in [0.5, 0.6) is 0 Å². The second-order valence-corrected chi connectivity index (χ2v) is 10.7. The van der Waals surface area contributed by atoms with Gasteiger partial charge in [0.25, 0.3) is 0 Å². The highest BCUT2D eigenvalue weighted by atomic mass is 32.2. The highest BCUT2D eigenvalue weighted by molar-refractivity contribution is 7.89. The topological polar surface area (TPSA) is 83.7 Å². The van der Waals surface area contributed by atoms with Gasteiger partial charge in [-0.1, -0.05) is 42.5 Å². The van der Waals surface area contributed by atoms with Crippen LogP contribution in [0, 0.1) is 0 Å². The molecular weight excluding hydrogens is 468 g/mol. The van der Waals surface area contributed by atoms with Crippen LogP contribution >= 0.6 is 11.7 Å². The van der Waals surface area contributed by atoms with Crippen molar-refractivity contribution >= 4 is 38.4 Å². The summed E-state index contributed by atoms with van der Waals surface area (Å²) in [6.07, 6.45) is 2.04. The lowest BCUT2D eigenvalue weighted by Gasteiger charge is -2.34. The molecule has 1 aliphatic rings. The third kappa shape index (κ3) is 3.68. The Kier molecular flexibility index (Phi) is 5.37. The molecular formula is C24H22N6O2S2. The van der Waals surface area contributed by atoms with Gasteiger partial charge >= 0.3 is 0 Å². The van der Waals surface area contributed by atoms with Gasteiger partial charge in [0.05, 0.1) is 23.1 Å². The number of fused-ring (bicyclic) bond motifs is 2. The number of nitrogens with zero attached hydrogens (tertiary/aromatic N) is 6. The first-order valence-electron chi connectivity index (χ1n) is 11.1. The molecule has 0 N–H and O–H groups in total. The van der Waals surface area contributed by atoms with Crippen molar-refractivity contribution in [3.63, 3.8) is 0 Å². The minimum atomic E-state index is -3.64. The molecule has 0 unspecified atom stereocenters. The van der Waals surface area contributed by atoms with Gasteiger partial charge in [0.2, 0.25) is 10.0 Å². The van der Waals surface area contributed by atoms with Gasteiger partial charge in [-0.2, -0.15) is 13.1 Å². The lowest BCUT2D eigenvalue weighted by atomic mass is 10.1. The van der Waals surface area contributed by atoms with E-state index < -0.39 is 10.0 Å². The van der Waals surface area contributed by atoms with Gasteiger partial charge in [-0.3, -0.25) is 4.90 Å². The molecule has 0 amide bonds. The zero-order valence-corrected chi connectivity index (χ0v) is 19.9. The van der Waals surface area contributed by atoms with Crippen molar-refractivity contribution < 1.29 is 8.42 Å². The van der Waals surface area contributed by atoms with Gasteiger partial charge < -0.3 is 4.40 Å². The van der Waals surface area contributed by atoms with Crippen LogP contribution in [0.4, 0.5) is 0 Å². The lowest BCUT2D eigenvalue weighted by molar-refractivity contribution is 0.180. The molecule has 0 bridgehead atoms. The van der Waals surface area contributed by atoms with Crippen molar-refractivity contribution in [2.24, 2.45) is 0 Å². The number of benzene rings is 2. The highest BCUT2D eigenvalue weighted by Crippen LogP contribution is 2.28. The number of hydrogen-bond donors (Lipinski definition) is 0. The fourth-order valence-electron chi connectivity index (χ4n) is 4.49. The summed E-state index contributed by atoms with van der Waals surface area (Å²) in [5.41, 5.74) is 5.12. The Balaban J connectivity index is 1.25. The molecule has 5 aromatic rings. The summed E-state index contributed by atoms with van der Waals surface area (Å²) in [4.78, 5) is 7.41. The van der Waals surface area contributed by atoms with E-state index in [-0.39, 0.29) is 4.90 Å². The fourth-order valence-corrected chi connectivity index (χ4v) is 6.67. The van der Waals surface area contributed by atoms with Crippen molar-refractivity contribution in [1.82, 2.24) is 27.3 Å². The van der Waals surface area contributed by atoms with Crippen LogP contribution in [0.2, 0.25) is 0 Å². The largest absolute Gasteiger partial charge is 0.302 e. The number of aromatic nitrogens is 4. The lowest BCUT2D eigenvalue weighted by Crippen LogP contribution is -2.48. The quantitative estimate of drug-likeness (QED) is 0.375. The van der Waals surface area contributed by atoms with Gasteiger partial charge in [-0.25, -0.2) is 13.4 Å². The van der Waals surface area contributed by atoms with Gasteiger partial charge in [0, 0.05) is 44.5 Å². The first-order valence-corrected chi connectivity index (χ1v) is 13.2. The predicted octanol–water partition coefficient (Wildman–Crippen LogP) is 3.51. The molecule has 1 aliphatic heterocycles. The minimum absolute atomic E-state index is 0.236. The summed E-state index contributed by atoms with van der Waals surface area (Å²) in [7, 11) is -3.64. The summed E-state index contributed by atoms with van der Waals surface area (Å²) in [5, 5.41) is 0. The Morgan fingerprint density at radius 3 is 2.47 bits per heavy atom. The van der Waals surface area contributed by atoms with Crippen LogP contribution in [-0.2, 0) is 16.6 Å². The highest BCUT2D eigenvalue weighted by Gasteiger charge is 2.31. The maximum atomic E-state index is 13.4. The predicted molar refractivity (Wildman–Crippen MR) is 132 cm³/mol.